The summed E-state index contributed by atoms with van der Waals surface area (Å²) >= 11 is 0. The maximum absolute atomic E-state index is 11.5. The second-order valence-corrected chi connectivity index (χ2v) is 8.02. The SMILES string of the molecule is CC(=O)c1cccc(Nc2cc(NC3CCS(=O)(=O)C3)ncn2)c1. The first kappa shape index (κ1) is 16.4. The van der Waals surface area contributed by atoms with E-state index in [2.05, 4.69) is 20.6 Å². The molecule has 2 heterocycles. The van der Waals surface area contributed by atoms with Gasteiger partial charge in [0.1, 0.15) is 18.0 Å². The third-order valence-corrected chi connectivity index (χ3v) is 5.56. The molecule has 2 aromatic rings. The summed E-state index contributed by atoms with van der Waals surface area (Å²) in [5.74, 6) is 1.46. The molecule has 3 rings (SSSR count). The first-order valence-electron chi connectivity index (χ1n) is 7.58. The number of nitrogens with one attached hydrogen (secondary N) is 2. The zero-order valence-corrected chi connectivity index (χ0v) is 14.0. The van der Waals surface area contributed by atoms with Gasteiger partial charge in [0.05, 0.1) is 11.5 Å². The minimum Gasteiger partial charge on any atom is -0.366 e. The molecule has 7 nitrogen and oxygen atoms in total. The maximum atomic E-state index is 11.5. The highest BCUT2D eigenvalue weighted by Crippen LogP contribution is 2.20. The van der Waals surface area contributed by atoms with Gasteiger partial charge in [-0.1, -0.05) is 12.1 Å². The van der Waals surface area contributed by atoms with Gasteiger partial charge in [0, 0.05) is 23.4 Å². The lowest BCUT2D eigenvalue weighted by Crippen LogP contribution is -2.21. The molecule has 126 valence electrons. The van der Waals surface area contributed by atoms with Gasteiger partial charge in [-0.3, -0.25) is 4.79 Å². The minimum atomic E-state index is -2.94. The van der Waals surface area contributed by atoms with Crippen LogP contribution in [0.5, 0.6) is 0 Å². The van der Waals surface area contributed by atoms with Crippen LogP contribution >= 0.6 is 0 Å². The van der Waals surface area contributed by atoms with E-state index in [1.165, 1.54) is 13.3 Å². The molecular formula is C16H18N4O3S. The van der Waals surface area contributed by atoms with Crippen LogP contribution in [0, 0.1) is 0 Å². The van der Waals surface area contributed by atoms with Gasteiger partial charge in [-0.25, -0.2) is 18.4 Å². The number of carbonyl (C=O) groups is 1. The van der Waals surface area contributed by atoms with Crippen LogP contribution in [-0.2, 0) is 9.84 Å². The third kappa shape index (κ3) is 4.08. The number of Topliss-reactive ketones (excluding diaryl/α,β-unsaturated/α-hetero) is 1. The fourth-order valence-electron chi connectivity index (χ4n) is 2.59. The molecule has 1 saturated heterocycles. The maximum Gasteiger partial charge on any atom is 0.159 e. The summed E-state index contributed by atoms with van der Waals surface area (Å²) in [6.45, 7) is 1.52. The van der Waals surface area contributed by atoms with Gasteiger partial charge in [0.25, 0.3) is 0 Å². The molecule has 1 atom stereocenters. The molecule has 1 aliphatic rings. The molecule has 0 bridgehead atoms. The number of ketones is 1. The summed E-state index contributed by atoms with van der Waals surface area (Å²) in [6.07, 6.45) is 1.98. The van der Waals surface area contributed by atoms with Crippen molar-refractivity contribution in [3.63, 3.8) is 0 Å². The number of aromatic nitrogens is 2. The smallest absolute Gasteiger partial charge is 0.159 e. The summed E-state index contributed by atoms with van der Waals surface area (Å²) in [4.78, 5) is 19.7. The molecule has 1 aromatic heterocycles. The topological polar surface area (TPSA) is 101 Å². The second-order valence-electron chi connectivity index (χ2n) is 5.79. The monoisotopic (exact) mass is 346 g/mol. The van der Waals surface area contributed by atoms with Gasteiger partial charge < -0.3 is 10.6 Å². The van der Waals surface area contributed by atoms with Gasteiger partial charge >= 0.3 is 0 Å². The van der Waals surface area contributed by atoms with Crippen LogP contribution in [-0.4, -0.2) is 41.7 Å². The first-order valence-corrected chi connectivity index (χ1v) is 9.40. The Balaban J connectivity index is 1.71. The molecule has 24 heavy (non-hydrogen) atoms. The quantitative estimate of drug-likeness (QED) is 0.799. The standard InChI is InChI=1S/C16H18N4O3S/c1-11(21)12-3-2-4-13(7-12)19-15-8-16(18-10-17-15)20-14-5-6-24(22,23)9-14/h2-4,7-8,10,14H,5-6,9H2,1H3,(H2,17,18,19,20). The Hall–Kier alpha value is -2.48. The van der Waals surface area contributed by atoms with Crippen LogP contribution in [0.3, 0.4) is 0 Å². The van der Waals surface area contributed by atoms with E-state index < -0.39 is 9.84 Å². The Morgan fingerprint density at radius 3 is 2.71 bits per heavy atom. The van der Waals surface area contributed by atoms with E-state index in [0.29, 0.717) is 23.6 Å². The molecule has 0 saturated carbocycles. The predicted molar refractivity (Wildman–Crippen MR) is 92.4 cm³/mol. The lowest BCUT2D eigenvalue weighted by molar-refractivity contribution is 0.101. The Morgan fingerprint density at radius 2 is 2.00 bits per heavy atom. The van der Waals surface area contributed by atoms with E-state index in [0.717, 1.165) is 5.69 Å². The highest BCUT2D eigenvalue weighted by molar-refractivity contribution is 7.91. The van der Waals surface area contributed by atoms with Crippen molar-refractivity contribution >= 4 is 32.9 Å². The van der Waals surface area contributed by atoms with Gasteiger partial charge in [0.2, 0.25) is 0 Å². The lowest BCUT2D eigenvalue weighted by atomic mass is 10.1. The molecule has 2 N–H and O–H groups in total. The van der Waals surface area contributed by atoms with Crippen LogP contribution in [0.4, 0.5) is 17.3 Å². The number of nitrogens with zero attached hydrogens (tertiary/aromatic N) is 2. The zero-order chi connectivity index (χ0) is 17.2. The number of benzene rings is 1. The van der Waals surface area contributed by atoms with Crippen molar-refractivity contribution in [2.75, 3.05) is 22.1 Å². The molecule has 8 heteroatoms. The van der Waals surface area contributed by atoms with E-state index in [1.807, 2.05) is 6.07 Å². The van der Waals surface area contributed by atoms with Crippen LogP contribution in [0.25, 0.3) is 0 Å². The van der Waals surface area contributed by atoms with E-state index in [9.17, 15) is 13.2 Å². The largest absolute Gasteiger partial charge is 0.366 e. The van der Waals surface area contributed by atoms with Gasteiger partial charge in [0.15, 0.2) is 15.6 Å². The fourth-order valence-corrected chi connectivity index (χ4v) is 4.26. The summed E-state index contributed by atoms with van der Waals surface area (Å²) in [5, 5.41) is 6.25. The second kappa shape index (κ2) is 6.56. The van der Waals surface area contributed by atoms with Crippen molar-refractivity contribution in [1.82, 2.24) is 9.97 Å². The molecule has 1 aromatic carbocycles. The van der Waals surface area contributed by atoms with Crippen molar-refractivity contribution in [1.29, 1.82) is 0 Å². The molecule has 0 spiro atoms. The minimum absolute atomic E-state index is 0.00821. The average molecular weight is 346 g/mol. The van der Waals surface area contributed by atoms with E-state index in [-0.39, 0.29) is 23.3 Å². The van der Waals surface area contributed by atoms with Crippen molar-refractivity contribution in [2.24, 2.45) is 0 Å². The molecule has 1 fully saturated rings. The predicted octanol–water partition coefficient (Wildman–Crippen LogP) is 2.02. The molecule has 0 amide bonds. The summed E-state index contributed by atoms with van der Waals surface area (Å²) < 4.78 is 23.0. The highest BCUT2D eigenvalue weighted by atomic mass is 32.2. The van der Waals surface area contributed by atoms with Gasteiger partial charge in [-0.2, -0.15) is 0 Å². The van der Waals surface area contributed by atoms with Crippen molar-refractivity contribution in [3.05, 3.63) is 42.2 Å². The van der Waals surface area contributed by atoms with Gasteiger partial charge in [-0.15, -0.1) is 0 Å². The number of rotatable bonds is 5. The number of sulfone groups is 1. The summed E-state index contributed by atoms with van der Waals surface area (Å²) in [5.41, 5.74) is 1.36. The average Bonchev–Trinajstić information content (AvgIpc) is 2.86. The van der Waals surface area contributed by atoms with Crippen molar-refractivity contribution < 1.29 is 13.2 Å². The van der Waals surface area contributed by atoms with Crippen LogP contribution in [0.1, 0.15) is 23.7 Å². The fraction of sp³-hybridized carbons (Fsp3) is 0.312. The van der Waals surface area contributed by atoms with E-state index in [4.69, 9.17) is 0 Å². The number of anilines is 3. The molecule has 1 aliphatic heterocycles. The first-order chi connectivity index (χ1) is 11.4. The zero-order valence-electron chi connectivity index (χ0n) is 13.2. The molecule has 1 unspecified atom stereocenters. The Kier molecular flexibility index (Phi) is 4.48. The van der Waals surface area contributed by atoms with Crippen LogP contribution in [0.2, 0.25) is 0 Å². The lowest BCUT2D eigenvalue weighted by Gasteiger charge is -2.12. The Bertz CT molecular complexity index is 867. The Labute approximate surface area is 140 Å². The molecular weight excluding hydrogens is 328 g/mol. The summed E-state index contributed by atoms with van der Waals surface area (Å²) in [7, 11) is -2.94. The number of hydrogen-bond donors (Lipinski definition) is 2. The van der Waals surface area contributed by atoms with Crippen LogP contribution in [0.15, 0.2) is 36.7 Å². The van der Waals surface area contributed by atoms with E-state index in [1.54, 1.807) is 24.3 Å². The third-order valence-electron chi connectivity index (χ3n) is 3.79. The number of hydrogen-bond acceptors (Lipinski definition) is 7. The van der Waals surface area contributed by atoms with Crippen molar-refractivity contribution in [3.8, 4) is 0 Å². The molecule has 0 radical (unpaired) electrons. The molecule has 0 aliphatic carbocycles. The van der Waals surface area contributed by atoms with E-state index >= 15 is 0 Å². The normalized spacial score (nSPS) is 19.0. The van der Waals surface area contributed by atoms with Gasteiger partial charge in [-0.05, 0) is 25.5 Å². The number of carbonyl (C=O) groups excluding carboxylic acids is 1. The summed E-state index contributed by atoms with van der Waals surface area (Å²) in [6, 6.07) is 8.72. The highest BCUT2D eigenvalue weighted by Gasteiger charge is 2.27. The van der Waals surface area contributed by atoms with Crippen LogP contribution < -0.4 is 10.6 Å². The van der Waals surface area contributed by atoms with Crippen molar-refractivity contribution in [2.45, 2.75) is 19.4 Å². The Morgan fingerprint density at radius 1 is 1.21 bits per heavy atom.